The van der Waals surface area contributed by atoms with Crippen molar-refractivity contribution in [3.8, 4) is 0 Å². The van der Waals surface area contributed by atoms with Crippen LogP contribution in [0.2, 0.25) is 0 Å². The number of halogens is 2. The molecule has 7 heteroatoms. The molecule has 1 aromatic rings. The minimum atomic E-state index is -1.12. The zero-order valence-electron chi connectivity index (χ0n) is 11.5. The average molecular weight is 285 g/mol. The van der Waals surface area contributed by atoms with Gasteiger partial charge in [-0.25, -0.2) is 8.78 Å². The number of carbonyl (C=O) groups excluding carboxylic acids is 1. The van der Waals surface area contributed by atoms with Crippen LogP contribution < -0.4 is 11.1 Å². The van der Waals surface area contributed by atoms with E-state index in [1.807, 2.05) is 0 Å². The molecule has 1 amide bonds. The first-order valence-electron chi connectivity index (χ1n) is 6.01. The Hall–Kier alpha value is -2.18. The molecule has 20 heavy (non-hydrogen) atoms. The molecule has 1 aromatic carbocycles. The largest absolute Gasteiger partial charge is 0.409 e. The molecular formula is C13H17F2N3O2. The first-order valence-corrected chi connectivity index (χ1v) is 6.01. The molecule has 0 aromatic heterocycles. The first kappa shape index (κ1) is 15.9. The van der Waals surface area contributed by atoms with Crippen LogP contribution in [-0.4, -0.2) is 22.5 Å². The van der Waals surface area contributed by atoms with Gasteiger partial charge in [-0.2, -0.15) is 0 Å². The molecule has 1 rings (SSSR count). The van der Waals surface area contributed by atoms with E-state index in [9.17, 15) is 13.6 Å². The van der Waals surface area contributed by atoms with Gasteiger partial charge < -0.3 is 16.3 Å². The van der Waals surface area contributed by atoms with E-state index in [4.69, 9.17) is 10.9 Å². The Balaban J connectivity index is 3.11. The standard InChI is InChI=1S/C13H17F2N3O2/c1-4-13(3,12(16)18-20)17-11(19)8-5-7(2)9(14)6-10(8)15/h5-6,20H,4H2,1-3H3,(H2,16,18)(H,17,19). The van der Waals surface area contributed by atoms with Crippen molar-refractivity contribution in [3.63, 3.8) is 0 Å². The number of nitrogens with two attached hydrogens (primary N) is 1. The highest BCUT2D eigenvalue weighted by Crippen LogP contribution is 2.16. The summed E-state index contributed by atoms with van der Waals surface area (Å²) in [6.45, 7) is 4.67. The predicted molar refractivity (Wildman–Crippen MR) is 70.7 cm³/mol. The van der Waals surface area contributed by atoms with Gasteiger partial charge in [0.15, 0.2) is 5.84 Å². The number of aryl methyl sites for hydroxylation is 1. The molecule has 0 bridgehead atoms. The molecule has 0 radical (unpaired) electrons. The lowest BCUT2D eigenvalue weighted by Gasteiger charge is -2.28. The summed E-state index contributed by atoms with van der Waals surface area (Å²) in [6.07, 6.45) is 0.330. The summed E-state index contributed by atoms with van der Waals surface area (Å²) >= 11 is 0. The summed E-state index contributed by atoms with van der Waals surface area (Å²) in [4.78, 5) is 12.1. The van der Waals surface area contributed by atoms with Gasteiger partial charge in [-0.1, -0.05) is 12.1 Å². The minimum absolute atomic E-state index is 0.151. The van der Waals surface area contributed by atoms with Gasteiger partial charge >= 0.3 is 0 Å². The van der Waals surface area contributed by atoms with Gasteiger partial charge in [0.05, 0.1) is 11.1 Å². The number of hydrogen-bond donors (Lipinski definition) is 3. The zero-order valence-corrected chi connectivity index (χ0v) is 11.5. The molecular weight excluding hydrogens is 268 g/mol. The molecule has 0 aliphatic heterocycles. The molecule has 1 atom stereocenters. The maximum Gasteiger partial charge on any atom is 0.255 e. The number of nitrogens with zero attached hydrogens (tertiary/aromatic N) is 1. The van der Waals surface area contributed by atoms with E-state index in [0.29, 0.717) is 12.5 Å². The summed E-state index contributed by atoms with van der Waals surface area (Å²) in [5.74, 6) is -2.66. The normalized spacial score (nSPS) is 14.8. The summed E-state index contributed by atoms with van der Waals surface area (Å²) in [7, 11) is 0. The number of amides is 1. The molecule has 1 unspecified atom stereocenters. The second kappa shape index (κ2) is 5.85. The number of hydrogen-bond acceptors (Lipinski definition) is 3. The minimum Gasteiger partial charge on any atom is -0.409 e. The third-order valence-electron chi connectivity index (χ3n) is 3.26. The topological polar surface area (TPSA) is 87.7 Å². The van der Waals surface area contributed by atoms with Crippen molar-refractivity contribution in [2.45, 2.75) is 32.7 Å². The van der Waals surface area contributed by atoms with Crippen LogP contribution in [0.25, 0.3) is 0 Å². The average Bonchev–Trinajstić information content (AvgIpc) is 2.41. The molecule has 0 heterocycles. The smallest absolute Gasteiger partial charge is 0.255 e. The van der Waals surface area contributed by atoms with Gasteiger partial charge in [0.2, 0.25) is 0 Å². The molecule has 0 aliphatic carbocycles. The number of carbonyl (C=O) groups is 1. The molecule has 0 fully saturated rings. The Labute approximate surface area is 115 Å². The lowest BCUT2D eigenvalue weighted by atomic mass is 9.96. The van der Waals surface area contributed by atoms with Crippen molar-refractivity contribution in [1.82, 2.24) is 5.32 Å². The third-order valence-corrected chi connectivity index (χ3v) is 3.26. The van der Waals surface area contributed by atoms with Gasteiger partial charge in [0.25, 0.3) is 5.91 Å². The van der Waals surface area contributed by atoms with E-state index in [1.165, 1.54) is 13.8 Å². The maximum atomic E-state index is 13.6. The second-order valence-corrected chi connectivity index (χ2v) is 4.71. The van der Waals surface area contributed by atoms with Gasteiger partial charge in [-0.3, -0.25) is 4.79 Å². The Kier molecular flexibility index (Phi) is 4.65. The molecule has 110 valence electrons. The van der Waals surface area contributed by atoms with Crippen molar-refractivity contribution in [3.05, 3.63) is 34.9 Å². The van der Waals surface area contributed by atoms with E-state index >= 15 is 0 Å². The van der Waals surface area contributed by atoms with Crippen molar-refractivity contribution >= 4 is 11.7 Å². The number of benzene rings is 1. The Morgan fingerprint density at radius 2 is 2.05 bits per heavy atom. The first-order chi connectivity index (χ1) is 9.25. The molecule has 0 aliphatic rings. The Bertz CT molecular complexity index is 561. The summed E-state index contributed by atoms with van der Waals surface area (Å²) in [5.41, 5.74) is 4.24. The maximum absolute atomic E-state index is 13.6. The van der Waals surface area contributed by atoms with E-state index in [2.05, 4.69) is 10.5 Å². The lowest BCUT2D eigenvalue weighted by molar-refractivity contribution is 0.0920. The lowest BCUT2D eigenvalue weighted by Crippen LogP contribution is -2.55. The molecule has 0 saturated carbocycles. The van der Waals surface area contributed by atoms with Crippen molar-refractivity contribution in [2.24, 2.45) is 10.9 Å². The van der Waals surface area contributed by atoms with E-state index in [0.717, 1.165) is 6.07 Å². The van der Waals surface area contributed by atoms with Crippen LogP contribution >= 0.6 is 0 Å². The highest BCUT2D eigenvalue weighted by molar-refractivity contribution is 6.00. The fourth-order valence-electron chi connectivity index (χ4n) is 1.59. The van der Waals surface area contributed by atoms with Gasteiger partial charge in [0.1, 0.15) is 11.6 Å². The molecule has 5 nitrogen and oxygen atoms in total. The summed E-state index contributed by atoms with van der Waals surface area (Å²) < 4.78 is 26.8. The molecule has 0 saturated heterocycles. The highest BCUT2D eigenvalue weighted by atomic mass is 19.1. The van der Waals surface area contributed by atoms with Crippen molar-refractivity contribution in [2.75, 3.05) is 0 Å². The molecule has 4 N–H and O–H groups in total. The van der Waals surface area contributed by atoms with Crippen LogP contribution in [-0.2, 0) is 0 Å². The van der Waals surface area contributed by atoms with Crippen LogP contribution in [0.15, 0.2) is 17.3 Å². The van der Waals surface area contributed by atoms with Crippen LogP contribution in [0, 0.1) is 18.6 Å². The SMILES string of the molecule is CCC(C)(NC(=O)c1cc(C)c(F)cc1F)/C(N)=N/O. The van der Waals surface area contributed by atoms with Crippen molar-refractivity contribution in [1.29, 1.82) is 0 Å². The van der Waals surface area contributed by atoms with Gasteiger partial charge in [-0.05, 0) is 31.9 Å². The van der Waals surface area contributed by atoms with Crippen LogP contribution in [0.4, 0.5) is 8.78 Å². The van der Waals surface area contributed by atoms with E-state index < -0.39 is 23.1 Å². The van der Waals surface area contributed by atoms with Crippen molar-refractivity contribution < 1.29 is 18.8 Å². The van der Waals surface area contributed by atoms with Gasteiger partial charge in [-0.15, -0.1) is 0 Å². The van der Waals surface area contributed by atoms with Crippen LogP contribution in [0.1, 0.15) is 36.2 Å². The van der Waals surface area contributed by atoms with E-state index in [1.54, 1.807) is 6.92 Å². The Morgan fingerprint density at radius 1 is 1.45 bits per heavy atom. The fourth-order valence-corrected chi connectivity index (χ4v) is 1.59. The number of amidine groups is 1. The van der Waals surface area contributed by atoms with Crippen LogP contribution in [0.5, 0.6) is 0 Å². The number of rotatable bonds is 4. The van der Waals surface area contributed by atoms with E-state index in [-0.39, 0.29) is 17.0 Å². The monoisotopic (exact) mass is 285 g/mol. The molecule has 0 spiro atoms. The third kappa shape index (κ3) is 3.04. The predicted octanol–water partition coefficient (Wildman–Crippen LogP) is 1.92. The zero-order chi connectivity index (χ0) is 15.5. The fraction of sp³-hybridized carbons (Fsp3) is 0.385. The highest BCUT2D eigenvalue weighted by Gasteiger charge is 2.31. The van der Waals surface area contributed by atoms with Gasteiger partial charge in [0, 0.05) is 6.07 Å². The number of oxime groups is 1. The summed E-state index contributed by atoms with van der Waals surface area (Å²) in [6, 6.07) is 1.76. The number of nitrogens with one attached hydrogen (secondary N) is 1. The quantitative estimate of drug-likeness (QED) is 0.342. The van der Waals surface area contributed by atoms with Crippen LogP contribution in [0.3, 0.4) is 0 Å². The summed E-state index contributed by atoms with van der Waals surface area (Å²) in [5, 5.41) is 14.0. The second-order valence-electron chi connectivity index (χ2n) is 4.71. The Morgan fingerprint density at radius 3 is 2.55 bits per heavy atom.